The van der Waals surface area contributed by atoms with Crippen LogP contribution in [-0.2, 0) is 65.6 Å². The van der Waals surface area contributed by atoms with Gasteiger partial charge in [-0.2, -0.15) is 0 Å². The first-order valence-corrected chi connectivity index (χ1v) is 42.2. The Balaban J connectivity index is 0.000000160. The molecule has 0 radical (unpaired) electrons. The van der Waals surface area contributed by atoms with Gasteiger partial charge in [-0.3, -0.25) is 19.2 Å². The van der Waals surface area contributed by atoms with Gasteiger partial charge in [0.1, 0.15) is 66.6 Å². The number of anilines is 4. The van der Waals surface area contributed by atoms with E-state index in [1.54, 1.807) is 12.1 Å². The summed E-state index contributed by atoms with van der Waals surface area (Å²) in [5.41, 5.74) is -4.67. The molecule has 0 bridgehead atoms. The van der Waals surface area contributed by atoms with Crippen LogP contribution in [0.15, 0.2) is 132 Å². The molecule has 32 nitrogen and oxygen atoms in total. The molecule has 0 fully saturated rings. The van der Waals surface area contributed by atoms with E-state index in [2.05, 4.69) is 25.3 Å². The van der Waals surface area contributed by atoms with E-state index in [9.17, 15) is 52.8 Å². The van der Waals surface area contributed by atoms with Crippen LogP contribution in [0.5, 0.6) is 46.0 Å². The predicted octanol–water partition coefficient (Wildman–Crippen LogP) is 15.8. The van der Waals surface area contributed by atoms with Crippen molar-refractivity contribution in [2.75, 3.05) is 46.0 Å². The van der Waals surface area contributed by atoms with Crippen molar-refractivity contribution in [3.05, 3.63) is 201 Å². The Hall–Kier alpha value is -10.2. The first-order chi connectivity index (χ1) is 65.8. The summed E-state index contributed by atoms with van der Waals surface area (Å²) >= 11 is 26.4. The second-order valence-electron chi connectivity index (χ2n) is 22.9. The summed E-state index contributed by atoms with van der Waals surface area (Å²) in [7, 11) is -18.1. The van der Waals surface area contributed by atoms with Crippen LogP contribution in [0.4, 0.5) is 23.5 Å². The zero-order valence-corrected chi connectivity index (χ0v) is 67.4. The lowest BCUT2D eigenvalue weighted by Gasteiger charge is -2.09. The summed E-state index contributed by atoms with van der Waals surface area (Å²) in [5, 5.41) is 18.0. The first-order valence-electron chi connectivity index (χ1n) is 44.8. The second kappa shape index (κ2) is 34.1. The number of aromatic nitrogens is 4. The summed E-state index contributed by atoms with van der Waals surface area (Å²) in [6, 6.07) is 2.32. The minimum absolute atomic E-state index is 0.00116. The predicted molar refractivity (Wildman–Crippen MR) is 427 cm³/mol. The summed E-state index contributed by atoms with van der Waals surface area (Å²) in [5.74, 6) is -9.10. The van der Waals surface area contributed by atoms with E-state index < -0.39 is 292 Å². The number of aryl methyl sites for hydroxylation is 5. The van der Waals surface area contributed by atoms with E-state index >= 15 is 0 Å². The largest absolute Gasteiger partial charge is 0.454 e. The van der Waals surface area contributed by atoms with E-state index in [4.69, 9.17) is 139 Å². The number of ketones is 4. The molecule has 16 rings (SSSR count). The second-order valence-corrected chi connectivity index (χ2v) is 34.7. The van der Waals surface area contributed by atoms with Crippen molar-refractivity contribution in [1.82, 2.24) is 20.6 Å². The first kappa shape index (κ1) is 55.4. The van der Waals surface area contributed by atoms with Gasteiger partial charge in [0.25, 0.3) is 63.6 Å². The number of halogens is 4. The molecule has 608 valence electrons. The van der Waals surface area contributed by atoms with Crippen molar-refractivity contribution >= 4 is 179 Å². The van der Waals surface area contributed by atoms with Crippen molar-refractivity contribution in [2.45, 2.75) is 100 Å². The number of ether oxygens (including phenoxy) is 8. The van der Waals surface area contributed by atoms with E-state index in [1.807, 2.05) is 21.1 Å². The van der Waals surface area contributed by atoms with Crippen LogP contribution in [0, 0.1) is 55.1 Å². The number of carbonyl (C=O) groups excluding carboxylic acids is 4. The maximum Gasteiger partial charge on any atom is 0.265 e. The van der Waals surface area contributed by atoms with Crippen molar-refractivity contribution < 1.29 is 146 Å². The number of fused-ring (bicyclic) bond motifs is 4. The standard InChI is InChI=1S/4C18H15ClN2O6S2/c4*1-9-5-13-14(26-8-25-13)7-11(9)6-12(22)17-15(3-4-28-17)29(23,24)21-18-16(19)10(2)20-27-18/h4*3-5,7,21H,6,8H2,1-2H3/i1D3,5D,6D2,7D,8D2;1D3,5D,6D2,7D,8D;1D3,5D,6D2,7D;2D3. The molecule has 4 aliphatic rings. The highest BCUT2D eigenvalue weighted by molar-refractivity contribution is 7.94. The fourth-order valence-corrected chi connectivity index (χ4v) is 19.7. The molecule has 0 spiro atoms. The lowest BCUT2D eigenvalue weighted by molar-refractivity contribution is 0.0985. The van der Waals surface area contributed by atoms with Crippen molar-refractivity contribution in [3.8, 4) is 46.0 Å². The maximum atomic E-state index is 13.5. The Morgan fingerprint density at radius 3 is 1.05 bits per heavy atom. The van der Waals surface area contributed by atoms with Crippen LogP contribution in [-0.4, -0.2) is 105 Å². The summed E-state index contributed by atoms with van der Waals surface area (Å²) in [4.78, 5) is 49.2. The zero-order valence-electron chi connectivity index (χ0n) is 84.8. The van der Waals surface area contributed by atoms with E-state index in [1.165, 1.54) is 48.4 Å². The van der Waals surface area contributed by atoms with Gasteiger partial charge >= 0.3 is 0 Å². The average molecular weight is 1850 g/mol. The molecule has 4 aromatic carbocycles. The molecule has 12 heterocycles. The number of rotatable bonds is 24. The number of sulfonamides is 4. The zero-order chi connectivity index (χ0) is 106. The smallest absolute Gasteiger partial charge is 0.265 e. The summed E-state index contributed by atoms with van der Waals surface area (Å²) < 4.78 is 388. The van der Waals surface area contributed by atoms with Crippen LogP contribution in [0.25, 0.3) is 0 Å². The fraction of sp³-hybridized carbons (Fsp3) is 0.222. The normalized spacial score (nSPS) is 18.2. The van der Waals surface area contributed by atoms with Gasteiger partial charge in [-0.25, -0.2) is 52.6 Å². The number of carbonyl (C=O) groups is 4. The average Bonchev–Trinajstić information content (AvgIpc) is 1.62. The van der Waals surface area contributed by atoms with Gasteiger partial charge in [0.15, 0.2) is 69.1 Å². The molecule has 4 aliphatic heterocycles. The Bertz CT molecular complexity index is 7710. The molecule has 0 aliphatic carbocycles. The molecule has 0 saturated heterocycles. The lowest BCUT2D eigenvalue weighted by Crippen LogP contribution is -2.16. The molecule has 12 aromatic rings. The van der Waals surface area contributed by atoms with Gasteiger partial charge in [-0.1, -0.05) is 67.0 Å². The van der Waals surface area contributed by atoms with Gasteiger partial charge in [0.2, 0.25) is 27.1 Å². The number of Topliss-reactive ketones (excluding diaryl/α,β-unsaturated/α-hetero) is 4. The Morgan fingerprint density at radius 2 is 0.707 bits per heavy atom. The van der Waals surface area contributed by atoms with Gasteiger partial charge < -0.3 is 56.0 Å². The van der Waals surface area contributed by atoms with Gasteiger partial charge in [-0.15, -0.1) is 45.3 Å². The third-order valence-corrected chi connectivity index (χ3v) is 26.6. The molecule has 116 heavy (non-hydrogen) atoms. The highest BCUT2D eigenvalue weighted by atomic mass is 35.5. The van der Waals surface area contributed by atoms with Crippen LogP contribution < -0.4 is 56.8 Å². The van der Waals surface area contributed by atoms with Crippen molar-refractivity contribution in [2.24, 2.45) is 0 Å². The quantitative estimate of drug-likeness (QED) is 0.0408. The topological polar surface area (TPSA) is 431 Å². The number of hydrogen-bond acceptors (Lipinski definition) is 32. The summed E-state index contributed by atoms with van der Waals surface area (Å²) in [6.07, 6.45) is -10.0. The van der Waals surface area contributed by atoms with E-state index in [0.29, 0.717) is 51.1 Å². The number of thiophene rings is 4. The Morgan fingerprint density at radius 1 is 0.405 bits per heavy atom. The molecule has 44 heteroatoms. The summed E-state index contributed by atoms with van der Waals surface area (Å²) in [6.45, 7) is -11.1. The number of nitrogens with one attached hydrogen (secondary N) is 4. The monoisotopic (exact) mass is 1840 g/mol. The number of nitrogens with zero attached hydrogens (tertiary/aromatic N) is 4. The van der Waals surface area contributed by atoms with Crippen LogP contribution in [0.2, 0.25) is 20.1 Å². The van der Waals surface area contributed by atoms with Crippen LogP contribution in [0.3, 0.4) is 0 Å². The molecule has 1 atom stereocenters. The minimum Gasteiger partial charge on any atom is -0.454 e. The van der Waals surface area contributed by atoms with E-state index in [-0.39, 0.29) is 60.9 Å². The fourth-order valence-electron chi connectivity index (χ4n) is 9.66. The van der Waals surface area contributed by atoms with Gasteiger partial charge in [0, 0.05) is 50.2 Å². The minimum atomic E-state index is -4.61. The van der Waals surface area contributed by atoms with Crippen molar-refractivity contribution in [1.29, 1.82) is 0 Å². The number of benzene rings is 4. The molecule has 8 aromatic heterocycles. The molecular formula is C72H60Cl4N8O24S8. The SMILES string of the molecule is [2H]C([2H])([2H])c1noc(NS(=O)(=O)c2ccsc2C(=O)Cc2cc3c(cc2C)OCO3)c1Cl.[2H]c1c2c(c([2H])c(C([2H])([2H])C(=O)c3sccc3S(=O)(=O)Nc3onc(C)c3Cl)c1C([2H])([2H])[2H])OC([2H])([2H])O2.[2H]c1c2c(c([2H])c(C([2H])([2H])C(=O)c3sccc3S(=O)(=O)Nc3onc(C)c3Cl)c1C([2H])([2H])[2H])OC([2H])O2.[2H]c1c2c(c([2H])c(C([2H])([2H])C(=O)c3sccc3S(=O)(=O)Nc3onc(C)c3Cl)c1C([2H])([2H])[2H])OCO2. The molecular weight excluding hydrogens is 1760 g/mol. The van der Waals surface area contributed by atoms with E-state index in [0.717, 1.165) is 35.1 Å². The maximum absolute atomic E-state index is 13.5. The third kappa shape index (κ3) is 18.1. The molecule has 0 saturated carbocycles. The van der Waals surface area contributed by atoms with Gasteiger partial charge in [-0.05, 0) is 194 Å². The van der Waals surface area contributed by atoms with Crippen LogP contribution >= 0.6 is 91.8 Å². The number of hydrogen-bond donors (Lipinski definition) is 4. The van der Waals surface area contributed by atoms with Gasteiger partial charge in [0.05, 0.1) is 27.7 Å². The highest BCUT2D eigenvalue weighted by Gasteiger charge is 2.34. The molecule has 1 unspecified atom stereocenters. The van der Waals surface area contributed by atoms with Crippen molar-refractivity contribution in [3.63, 3.8) is 0 Å². The van der Waals surface area contributed by atoms with Crippen LogP contribution in [0.1, 0.15) is 143 Å². The highest BCUT2D eigenvalue weighted by Crippen LogP contribution is 2.42. The molecule has 4 N–H and O–H groups in total. The molecule has 0 amide bonds. The Labute approximate surface area is 734 Å². The Kier molecular flexibility index (Phi) is 16.3. The lowest BCUT2D eigenvalue weighted by atomic mass is 10.0. The third-order valence-electron chi connectivity index (χ3n) is 15.2.